The Morgan fingerprint density at radius 1 is 1.47 bits per heavy atom. The van der Waals surface area contributed by atoms with Crippen molar-refractivity contribution in [1.29, 1.82) is 0 Å². The van der Waals surface area contributed by atoms with E-state index in [1.807, 2.05) is 0 Å². The molecule has 0 atom stereocenters. The van der Waals surface area contributed by atoms with E-state index >= 15 is 0 Å². The fraction of sp³-hybridized carbons (Fsp3) is 0.364. The van der Waals surface area contributed by atoms with Gasteiger partial charge in [0.1, 0.15) is 4.60 Å². The summed E-state index contributed by atoms with van der Waals surface area (Å²) in [4.78, 5) is 26.4. The van der Waals surface area contributed by atoms with Crippen LogP contribution in [-0.4, -0.2) is 22.0 Å². The molecular formula is C11H13BrN2O3. The molecule has 0 aliphatic rings. The minimum Gasteiger partial charge on any atom is -0.481 e. The SMILES string of the molecule is CC(C)(CC(=O)Nc1ccc(Br)nc1)C(=O)O. The molecule has 0 aliphatic carbocycles. The van der Waals surface area contributed by atoms with Crippen LogP contribution in [0.1, 0.15) is 20.3 Å². The lowest BCUT2D eigenvalue weighted by atomic mass is 9.89. The molecule has 0 aliphatic heterocycles. The van der Waals surface area contributed by atoms with Gasteiger partial charge in [0.25, 0.3) is 0 Å². The van der Waals surface area contributed by atoms with Crippen molar-refractivity contribution in [3.05, 3.63) is 22.9 Å². The Balaban J connectivity index is 2.62. The molecule has 17 heavy (non-hydrogen) atoms. The molecule has 0 fully saturated rings. The number of carbonyl (C=O) groups is 2. The molecule has 0 bridgehead atoms. The van der Waals surface area contributed by atoms with Crippen LogP contribution < -0.4 is 5.32 Å². The Hall–Kier alpha value is -1.43. The number of hydrogen-bond acceptors (Lipinski definition) is 3. The second-order valence-corrected chi connectivity index (χ2v) is 5.10. The van der Waals surface area contributed by atoms with Crippen LogP contribution in [0.25, 0.3) is 0 Å². The van der Waals surface area contributed by atoms with E-state index in [0.29, 0.717) is 10.3 Å². The average Bonchev–Trinajstić information content (AvgIpc) is 2.20. The van der Waals surface area contributed by atoms with E-state index in [2.05, 4.69) is 26.2 Å². The molecule has 92 valence electrons. The number of carbonyl (C=O) groups excluding carboxylic acids is 1. The van der Waals surface area contributed by atoms with E-state index in [1.165, 1.54) is 20.0 Å². The largest absolute Gasteiger partial charge is 0.481 e. The van der Waals surface area contributed by atoms with Crippen LogP contribution in [0.4, 0.5) is 5.69 Å². The number of carboxylic acids is 1. The van der Waals surface area contributed by atoms with Crippen molar-refractivity contribution < 1.29 is 14.7 Å². The number of aromatic nitrogens is 1. The maximum atomic E-state index is 11.6. The van der Waals surface area contributed by atoms with Crippen molar-refractivity contribution in [1.82, 2.24) is 4.98 Å². The number of pyridine rings is 1. The van der Waals surface area contributed by atoms with Gasteiger partial charge in [0, 0.05) is 6.42 Å². The molecule has 1 heterocycles. The highest BCUT2D eigenvalue weighted by Gasteiger charge is 2.30. The van der Waals surface area contributed by atoms with Crippen LogP contribution in [0.3, 0.4) is 0 Å². The number of anilines is 1. The maximum absolute atomic E-state index is 11.6. The fourth-order valence-electron chi connectivity index (χ4n) is 1.13. The van der Waals surface area contributed by atoms with Gasteiger partial charge in [0.15, 0.2) is 0 Å². The minimum absolute atomic E-state index is 0.0849. The van der Waals surface area contributed by atoms with Crippen molar-refractivity contribution in [2.45, 2.75) is 20.3 Å². The highest BCUT2D eigenvalue weighted by molar-refractivity contribution is 9.10. The molecule has 0 radical (unpaired) electrons. The number of rotatable bonds is 4. The van der Waals surface area contributed by atoms with Gasteiger partial charge < -0.3 is 10.4 Å². The number of halogens is 1. The van der Waals surface area contributed by atoms with Crippen molar-refractivity contribution >= 4 is 33.5 Å². The van der Waals surface area contributed by atoms with E-state index in [4.69, 9.17) is 5.11 Å². The quantitative estimate of drug-likeness (QED) is 0.836. The molecule has 2 N–H and O–H groups in total. The maximum Gasteiger partial charge on any atom is 0.309 e. The van der Waals surface area contributed by atoms with Gasteiger partial charge in [-0.3, -0.25) is 9.59 Å². The number of aliphatic carboxylic acids is 1. The predicted octanol–water partition coefficient (Wildman–Crippen LogP) is 2.28. The van der Waals surface area contributed by atoms with Crippen molar-refractivity contribution in [2.24, 2.45) is 5.41 Å². The summed E-state index contributed by atoms with van der Waals surface area (Å²) in [6.07, 6.45) is 1.41. The van der Waals surface area contributed by atoms with Gasteiger partial charge in [-0.15, -0.1) is 0 Å². The Labute approximate surface area is 107 Å². The molecule has 1 aromatic heterocycles. The van der Waals surface area contributed by atoms with Crippen LogP contribution >= 0.6 is 15.9 Å². The van der Waals surface area contributed by atoms with Gasteiger partial charge in [-0.05, 0) is 41.9 Å². The third-order valence-electron chi connectivity index (χ3n) is 2.19. The standard InChI is InChI=1S/C11H13BrN2O3/c1-11(2,10(16)17)5-9(15)14-7-3-4-8(12)13-6-7/h3-4,6H,5H2,1-2H3,(H,14,15)(H,16,17). The van der Waals surface area contributed by atoms with E-state index < -0.39 is 11.4 Å². The third-order valence-corrected chi connectivity index (χ3v) is 2.66. The highest BCUT2D eigenvalue weighted by Crippen LogP contribution is 2.21. The Bertz CT molecular complexity index is 429. The summed E-state index contributed by atoms with van der Waals surface area (Å²) in [6.45, 7) is 3.02. The van der Waals surface area contributed by atoms with Crippen LogP contribution in [0, 0.1) is 5.41 Å². The summed E-state index contributed by atoms with van der Waals surface area (Å²) in [5, 5.41) is 11.5. The molecule has 0 unspecified atom stereocenters. The summed E-state index contributed by atoms with van der Waals surface area (Å²) in [5.74, 6) is -1.34. The molecule has 6 heteroatoms. The molecule has 0 aromatic carbocycles. The molecule has 1 amide bonds. The summed E-state index contributed by atoms with van der Waals surface area (Å²) in [6, 6.07) is 3.38. The van der Waals surface area contributed by atoms with Crippen LogP contribution in [0.2, 0.25) is 0 Å². The second-order valence-electron chi connectivity index (χ2n) is 4.28. The van der Waals surface area contributed by atoms with Gasteiger partial charge in [-0.1, -0.05) is 0 Å². The second kappa shape index (κ2) is 5.27. The Kier molecular flexibility index (Phi) is 4.22. The third kappa shape index (κ3) is 4.14. The van der Waals surface area contributed by atoms with Crippen LogP contribution in [-0.2, 0) is 9.59 Å². The zero-order valence-corrected chi connectivity index (χ0v) is 11.1. The van der Waals surface area contributed by atoms with Crippen LogP contribution in [0.5, 0.6) is 0 Å². The lowest BCUT2D eigenvalue weighted by Crippen LogP contribution is -2.29. The van der Waals surface area contributed by atoms with E-state index in [9.17, 15) is 9.59 Å². The zero-order chi connectivity index (χ0) is 13.1. The van der Waals surface area contributed by atoms with Gasteiger partial charge in [0.05, 0.1) is 17.3 Å². The molecule has 1 aromatic rings. The van der Waals surface area contributed by atoms with E-state index in [1.54, 1.807) is 12.1 Å². The number of hydrogen-bond donors (Lipinski definition) is 2. The fourth-order valence-corrected chi connectivity index (χ4v) is 1.37. The first-order valence-electron chi connectivity index (χ1n) is 4.96. The van der Waals surface area contributed by atoms with E-state index in [0.717, 1.165) is 0 Å². The molecular weight excluding hydrogens is 288 g/mol. The average molecular weight is 301 g/mol. The number of nitrogens with zero attached hydrogens (tertiary/aromatic N) is 1. The normalized spacial score (nSPS) is 11.0. The van der Waals surface area contributed by atoms with Gasteiger partial charge in [-0.2, -0.15) is 0 Å². The first-order chi connectivity index (χ1) is 7.81. The van der Waals surface area contributed by atoms with Crippen molar-refractivity contribution in [3.63, 3.8) is 0 Å². The molecule has 5 nitrogen and oxygen atoms in total. The molecule has 0 saturated carbocycles. The van der Waals surface area contributed by atoms with Crippen molar-refractivity contribution in [3.8, 4) is 0 Å². The highest BCUT2D eigenvalue weighted by atomic mass is 79.9. The number of amides is 1. The summed E-state index contributed by atoms with van der Waals surface area (Å²) in [5.41, 5.74) is -0.535. The van der Waals surface area contributed by atoms with Gasteiger partial charge in [-0.25, -0.2) is 4.98 Å². The summed E-state index contributed by atoms with van der Waals surface area (Å²) < 4.78 is 0.668. The predicted molar refractivity (Wildman–Crippen MR) is 66.6 cm³/mol. The first kappa shape index (κ1) is 13.6. The lowest BCUT2D eigenvalue weighted by molar-refractivity contribution is -0.148. The smallest absolute Gasteiger partial charge is 0.309 e. The minimum atomic E-state index is -1.08. The molecule has 0 saturated heterocycles. The van der Waals surface area contributed by atoms with Gasteiger partial charge in [0.2, 0.25) is 5.91 Å². The first-order valence-corrected chi connectivity index (χ1v) is 5.75. The summed E-state index contributed by atoms with van der Waals surface area (Å²) in [7, 11) is 0. The van der Waals surface area contributed by atoms with Gasteiger partial charge >= 0.3 is 5.97 Å². The van der Waals surface area contributed by atoms with Crippen LogP contribution in [0.15, 0.2) is 22.9 Å². The Morgan fingerprint density at radius 2 is 2.12 bits per heavy atom. The zero-order valence-electron chi connectivity index (χ0n) is 9.53. The lowest BCUT2D eigenvalue weighted by Gasteiger charge is -2.18. The Morgan fingerprint density at radius 3 is 2.59 bits per heavy atom. The topological polar surface area (TPSA) is 79.3 Å². The summed E-state index contributed by atoms with van der Waals surface area (Å²) >= 11 is 3.18. The molecule has 0 spiro atoms. The van der Waals surface area contributed by atoms with Crippen molar-refractivity contribution in [2.75, 3.05) is 5.32 Å². The number of nitrogens with one attached hydrogen (secondary N) is 1. The molecule has 1 rings (SSSR count). The monoisotopic (exact) mass is 300 g/mol. The number of carboxylic acid groups (broad SMARTS) is 1. The van der Waals surface area contributed by atoms with E-state index in [-0.39, 0.29) is 12.3 Å².